The van der Waals surface area contributed by atoms with Gasteiger partial charge in [0, 0.05) is 11.9 Å². The molecule has 0 bridgehead atoms. The molecule has 0 radical (unpaired) electrons. The normalized spacial score (nSPS) is 14.3. The lowest BCUT2D eigenvalue weighted by Gasteiger charge is -2.14. The molecule has 2 aromatic rings. The van der Waals surface area contributed by atoms with Crippen molar-refractivity contribution in [3.63, 3.8) is 0 Å². The third-order valence-corrected chi connectivity index (χ3v) is 3.84. The number of hydrogen-bond acceptors (Lipinski definition) is 2. The highest BCUT2D eigenvalue weighted by Crippen LogP contribution is 2.24. The molecule has 0 fully saturated rings. The van der Waals surface area contributed by atoms with Crippen LogP contribution in [0.15, 0.2) is 42.6 Å². The van der Waals surface area contributed by atoms with Gasteiger partial charge in [0.1, 0.15) is 0 Å². The van der Waals surface area contributed by atoms with Crippen LogP contribution in [0.1, 0.15) is 36.2 Å². The molecule has 3 rings (SSSR count). The fourth-order valence-corrected chi connectivity index (χ4v) is 2.72. The zero-order chi connectivity index (χ0) is 14.7. The number of carbonyl (C=O) groups excluding carboxylic acids is 1. The first-order valence-corrected chi connectivity index (χ1v) is 7.32. The number of nitrogens with zero attached hydrogens (tertiary/aromatic N) is 1. The molecule has 0 aliphatic heterocycles. The topological polar surface area (TPSA) is 54.0 Å². The van der Waals surface area contributed by atoms with Gasteiger partial charge in [-0.05, 0) is 61.6 Å². The van der Waals surface area contributed by atoms with E-state index >= 15 is 0 Å². The van der Waals surface area contributed by atoms with E-state index in [0.717, 1.165) is 24.2 Å². The highest BCUT2D eigenvalue weighted by Gasteiger charge is 2.13. The van der Waals surface area contributed by atoms with Crippen LogP contribution in [0.4, 0.5) is 10.5 Å². The summed E-state index contributed by atoms with van der Waals surface area (Å²) in [6.07, 6.45) is 5.20. The third kappa shape index (κ3) is 3.21. The van der Waals surface area contributed by atoms with Crippen LogP contribution < -0.4 is 10.6 Å². The first kappa shape index (κ1) is 13.6. The van der Waals surface area contributed by atoms with Gasteiger partial charge in [-0.15, -0.1) is 0 Å². The Balaban J connectivity index is 1.61. The van der Waals surface area contributed by atoms with Crippen molar-refractivity contribution in [2.45, 2.75) is 32.2 Å². The van der Waals surface area contributed by atoms with E-state index in [9.17, 15) is 4.79 Å². The Labute approximate surface area is 124 Å². The Morgan fingerprint density at radius 3 is 2.86 bits per heavy atom. The predicted molar refractivity (Wildman–Crippen MR) is 83.3 cm³/mol. The summed E-state index contributed by atoms with van der Waals surface area (Å²) in [5.41, 5.74) is 4.45. The van der Waals surface area contributed by atoms with Crippen molar-refractivity contribution in [2.24, 2.45) is 0 Å². The largest absolute Gasteiger partial charge is 0.330 e. The number of aryl methyl sites for hydroxylation is 2. The quantitative estimate of drug-likeness (QED) is 0.905. The summed E-state index contributed by atoms with van der Waals surface area (Å²) in [5.74, 6) is 0. The fourth-order valence-electron chi connectivity index (χ4n) is 2.72. The zero-order valence-electron chi connectivity index (χ0n) is 12.1. The third-order valence-electron chi connectivity index (χ3n) is 3.84. The number of amides is 2. The second-order valence-corrected chi connectivity index (χ2v) is 5.41. The standard InChI is InChI=1S/C17H19N3O/c1-12(16-7-2-3-10-18-16)19-17(21)20-15-9-8-13-5-4-6-14(13)11-15/h2-3,7-12H,4-6H2,1H3,(H2,19,20,21). The molecule has 21 heavy (non-hydrogen) atoms. The monoisotopic (exact) mass is 281 g/mol. The van der Waals surface area contributed by atoms with Crippen LogP contribution in [0.2, 0.25) is 0 Å². The molecule has 4 heteroatoms. The molecule has 2 amide bonds. The van der Waals surface area contributed by atoms with Crippen molar-refractivity contribution < 1.29 is 4.79 Å². The van der Waals surface area contributed by atoms with Gasteiger partial charge >= 0.3 is 6.03 Å². The molecule has 0 saturated heterocycles. The van der Waals surface area contributed by atoms with E-state index in [2.05, 4.69) is 27.8 Å². The SMILES string of the molecule is CC(NC(=O)Nc1ccc2c(c1)CCC2)c1ccccn1. The van der Waals surface area contributed by atoms with E-state index in [-0.39, 0.29) is 12.1 Å². The Hall–Kier alpha value is -2.36. The maximum Gasteiger partial charge on any atom is 0.319 e. The number of benzene rings is 1. The molecule has 4 nitrogen and oxygen atoms in total. The van der Waals surface area contributed by atoms with Crippen molar-refractivity contribution in [1.29, 1.82) is 0 Å². The molecule has 1 heterocycles. The number of anilines is 1. The number of carbonyl (C=O) groups is 1. The van der Waals surface area contributed by atoms with E-state index in [1.807, 2.05) is 31.2 Å². The van der Waals surface area contributed by atoms with Crippen molar-refractivity contribution in [2.75, 3.05) is 5.32 Å². The number of pyridine rings is 1. The van der Waals surface area contributed by atoms with Gasteiger partial charge in [0.15, 0.2) is 0 Å². The smallest absolute Gasteiger partial charge is 0.319 e. The van der Waals surface area contributed by atoms with E-state index in [4.69, 9.17) is 0 Å². The van der Waals surface area contributed by atoms with Crippen LogP contribution in [0.25, 0.3) is 0 Å². The first-order valence-electron chi connectivity index (χ1n) is 7.32. The molecule has 1 aromatic carbocycles. The number of urea groups is 1. The lowest BCUT2D eigenvalue weighted by atomic mass is 10.1. The molecule has 0 spiro atoms. The average Bonchev–Trinajstić information content (AvgIpc) is 2.95. The summed E-state index contributed by atoms with van der Waals surface area (Å²) in [6, 6.07) is 11.5. The Bertz CT molecular complexity index is 640. The summed E-state index contributed by atoms with van der Waals surface area (Å²) in [7, 11) is 0. The minimum absolute atomic E-state index is 0.124. The molecule has 1 aliphatic rings. The molecule has 1 atom stereocenters. The van der Waals surface area contributed by atoms with Crippen LogP contribution in [0.3, 0.4) is 0 Å². The molecule has 108 valence electrons. The number of fused-ring (bicyclic) bond motifs is 1. The van der Waals surface area contributed by atoms with Crippen LogP contribution >= 0.6 is 0 Å². The van der Waals surface area contributed by atoms with Gasteiger partial charge in [0.2, 0.25) is 0 Å². The van der Waals surface area contributed by atoms with Gasteiger partial charge in [-0.1, -0.05) is 12.1 Å². The fraction of sp³-hybridized carbons (Fsp3) is 0.294. The average molecular weight is 281 g/mol. The number of nitrogens with one attached hydrogen (secondary N) is 2. The minimum atomic E-state index is -0.203. The van der Waals surface area contributed by atoms with E-state index in [0.29, 0.717) is 0 Å². The molecule has 0 saturated carbocycles. The summed E-state index contributed by atoms with van der Waals surface area (Å²) in [4.78, 5) is 16.3. The number of rotatable bonds is 3. The lowest BCUT2D eigenvalue weighted by molar-refractivity contribution is 0.249. The molecule has 1 aromatic heterocycles. The second kappa shape index (κ2) is 5.95. The molecule has 1 aliphatic carbocycles. The lowest BCUT2D eigenvalue weighted by Crippen LogP contribution is -2.31. The van der Waals surface area contributed by atoms with E-state index in [1.165, 1.54) is 17.5 Å². The van der Waals surface area contributed by atoms with Gasteiger partial charge in [0.25, 0.3) is 0 Å². The van der Waals surface area contributed by atoms with Crippen LogP contribution in [-0.2, 0) is 12.8 Å². The highest BCUT2D eigenvalue weighted by molar-refractivity contribution is 5.89. The Morgan fingerprint density at radius 2 is 2.05 bits per heavy atom. The summed E-state index contributed by atoms with van der Waals surface area (Å²) >= 11 is 0. The molecule has 1 unspecified atom stereocenters. The molecule has 2 N–H and O–H groups in total. The predicted octanol–water partition coefficient (Wildman–Crippen LogP) is 3.45. The second-order valence-electron chi connectivity index (χ2n) is 5.41. The van der Waals surface area contributed by atoms with Crippen LogP contribution in [0.5, 0.6) is 0 Å². The van der Waals surface area contributed by atoms with Gasteiger partial charge in [-0.3, -0.25) is 4.98 Å². The molecular formula is C17H19N3O. The zero-order valence-corrected chi connectivity index (χ0v) is 12.1. The van der Waals surface area contributed by atoms with E-state index in [1.54, 1.807) is 6.20 Å². The van der Waals surface area contributed by atoms with Crippen molar-refractivity contribution in [3.8, 4) is 0 Å². The highest BCUT2D eigenvalue weighted by atomic mass is 16.2. The van der Waals surface area contributed by atoms with Crippen molar-refractivity contribution in [3.05, 3.63) is 59.4 Å². The van der Waals surface area contributed by atoms with Gasteiger partial charge in [-0.25, -0.2) is 4.79 Å². The van der Waals surface area contributed by atoms with Gasteiger partial charge < -0.3 is 10.6 Å². The molecular weight excluding hydrogens is 262 g/mol. The van der Waals surface area contributed by atoms with Crippen LogP contribution in [-0.4, -0.2) is 11.0 Å². The van der Waals surface area contributed by atoms with Gasteiger partial charge in [0.05, 0.1) is 11.7 Å². The van der Waals surface area contributed by atoms with Crippen molar-refractivity contribution >= 4 is 11.7 Å². The summed E-state index contributed by atoms with van der Waals surface area (Å²) in [6.45, 7) is 1.92. The summed E-state index contributed by atoms with van der Waals surface area (Å²) in [5, 5.41) is 5.79. The number of aromatic nitrogens is 1. The Kier molecular flexibility index (Phi) is 3.86. The van der Waals surface area contributed by atoms with E-state index < -0.39 is 0 Å². The number of hydrogen-bond donors (Lipinski definition) is 2. The van der Waals surface area contributed by atoms with Crippen LogP contribution in [0, 0.1) is 0 Å². The first-order chi connectivity index (χ1) is 10.2. The van der Waals surface area contributed by atoms with Gasteiger partial charge in [-0.2, -0.15) is 0 Å². The Morgan fingerprint density at radius 1 is 1.19 bits per heavy atom. The summed E-state index contributed by atoms with van der Waals surface area (Å²) < 4.78 is 0. The maximum atomic E-state index is 12.0. The minimum Gasteiger partial charge on any atom is -0.330 e. The maximum absolute atomic E-state index is 12.0. The van der Waals surface area contributed by atoms with Crippen molar-refractivity contribution in [1.82, 2.24) is 10.3 Å².